The largest absolute Gasteiger partial charge is 0.330 e. The highest BCUT2D eigenvalue weighted by Gasteiger charge is 2.10. The van der Waals surface area contributed by atoms with Gasteiger partial charge in [-0.15, -0.1) is 0 Å². The number of hydrogen-bond donors (Lipinski definition) is 2. The summed E-state index contributed by atoms with van der Waals surface area (Å²) in [6, 6.07) is 9.71. The van der Waals surface area contributed by atoms with E-state index in [1.54, 1.807) is 6.20 Å². The molecule has 1 aromatic carbocycles. The quantitative estimate of drug-likeness (QED) is 0.820. The van der Waals surface area contributed by atoms with Gasteiger partial charge in [-0.3, -0.25) is 9.78 Å². The molecule has 0 spiro atoms. The Bertz CT molecular complexity index is 592. The Labute approximate surface area is 125 Å². The van der Waals surface area contributed by atoms with Crippen LogP contribution in [-0.2, 0) is 4.79 Å². The standard InChI is InChI=1S/C17H23N3O/c1-2-13(10-11-18)8-9-16(21)20-15-7-3-5-14-6-4-12-19-17(14)15/h3-7,12-13H,2,8-11,18H2,1H3,(H,20,21). The normalized spacial score (nSPS) is 12.3. The van der Waals surface area contributed by atoms with E-state index in [1.165, 1.54) is 0 Å². The second kappa shape index (κ2) is 7.74. The molecule has 21 heavy (non-hydrogen) atoms. The maximum Gasteiger partial charge on any atom is 0.224 e. The van der Waals surface area contributed by atoms with Crippen LogP contribution < -0.4 is 11.1 Å². The zero-order chi connectivity index (χ0) is 15.1. The second-order valence-electron chi connectivity index (χ2n) is 5.32. The fourth-order valence-corrected chi connectivity index (χ4v) is 2.54. The van der Waals surface area contributed by atoms with Gasteiger partial charge in [-0.05, 0) is 37.4 Å². The molecule has 0 aliphatic rings. The predicted octanol–water partition coefficient (Wildman–Crippen LogP) is 3.33. The first-order valence-electron chi connectivity index (χ1n) is 7.58. The highest BCUT2D eigenvalue weighted by atomic mass is 16.1. The molecule has 0 radical (unpaired) electrons. The highest BCUT2D eigenvalue weighted by Crippen LogP contribution is 2.21. The molecule has 0 aliphatic heterocycles. The van der Waals surface area contributed by atoms with Crippen LogP contribution in [0.5, 0.6) is 0 Å². The molecule has 1 amide bonds. The molecule has 0 fully saturated rings. The first-order chi connectivity index (χ1) is 10.2. The number of benzene rings is 1. The third-order valence-electron chi connectivity index (χ3n) is 3.84. The number of rotatable bonds is 7. The van der Waals surface area contributed by atoms with Gasteiger partial charge < -0.3 is 11.1 Å². The van der Waals surface area contributed by atoms with Crippen molar-refractivity contribution in [3.8, 4) is 0 Å². The Morgan fingerprint density at radius 1 is 1.29 bits per heavy atom. The van der Waals surface area contributed by atoms with Gasteiger partial charge in [0, 0.05) is 18.0 Å². The molecule has 1 atom stereocenters. The van der Waals surface area contributed by atoms with E-state index in [4.69, 9.17) is 5.73 Å². The number of para-hydroxylation sites is 1. The SMILES string of the molecule is CCC(CCN)CCC(=O)Nc1cccc2cccnc12. The smallest absolute Gasteiger partial charge is 0.224 e. The van der Waals surface area contributed by atoms with Gasteiger partial charge in [0.2, 0.25) is 5.91 Å². The number of aromatic nitrogens is 1. The summed E-state index contributed by atoms with van der Waals surface area (Å²) in [5, 5.41) is 4.01. The number of nitrogens with one attached hydrogen (secondary N) is 1. The van der Waals surface area contributed by atoms with E-state index < -0.39 is 0 Å². The van der Waals surface area contributed by atoms with Crippen molar-refractivity contribution < 1.29 is 4.79 Å². The average Bonchev–Trinajstić information content (AvgIpc) is 2.52. The Morgan fingerprint density at radius 3 is 2.86 bits per heavy atom. The maximum atomic E-state index is 12.1. The first-order valence-corrected chi connectivity index (χ1v) is 7.58. The monoisotopic (exact) mass is 285 g/mol. The van der Waals surface area contributed by atoms with Crippen molar-refractivity contribution in [1.29, 1.82) is 0 Å². The highest BCUT2D eigenvalue weighted by molar-refractivity contribution is 6.00. The van der Waals surface area contributed by atoms with E-state index in [1.807, 2.05) is 30.3 Å². The maximum absolute atomic E-state index is 12.1. The number of amides is 1. The summed E-state index contributed by atoms with van der Waals surface area (Å²) >= 11 is 0. The molecule has 112 valence electrons. The molecule has 4 nitrogen and oxygen atoms in total. The lowest BCUT2D eigenvalue weighted by Crippen LogP contribution is -2.15. The number of anilines is 1. The Hall–Kier alpha value is -1.94. The summed E-state index contributed by atoms with van der Waals surface area (Å²) in [7, 11) is 0. The minimum absolute atomic E-state index is 0.0450. The first kappa shape index (κ1) is 15.4. The lowest BCUT2D eigenvalue weighted by atomic mass is 9.96. The molecule has 0 bridgehead atoms. The summed E-state index contributed by atoms with van der Waals surface area (Å²) in [5.41, 5.74) is 7.21. The minimum Gasteiger partial charge on any atom is -0.330 e. The van der Waals surface area contributed by atoms with Crippen LogP contribution in [-0.4, -0.2) is 17.4 Å². The number of pyridine rings is 1. The topological polar surface area (TPSA) is 68.0 Å². The van der Waals surface area contributed by atoms with Gasteiger partial charge in [-0.1, -0.05) is 31.5 Å². The van der Waals surface area contributed by atoms with Gasteiger partial charge in [0.15, 0.2) is 0 Å². The van der Waals surface area contributed by atoms with Crippen molar-refractivity contribution in [3.63, 3.8) is 0 Å². The van der Waals surface area contributed by atoms with Crippen molar-refractivity contribution >= 4 is 22.5 Å². The minimum atomic E-state index is 0.0450. The lowest BCUT2D eigenvalue weighted by Gasteiger charge is -2.13. The summed E-state index contributed by atoms with van der Waals surface area (Å²) in [6.07, 6.45) is 5.21. The molecule has 2 rings (SSSR count). The molecule has 0 saturated carbocycles. The van der Waals surface area contributed by atoms with Crippen LogP contribution in [0.3, 0.4) is 0 Å². The molecule has 4 heteroatoms. The third kappa shape index (κ3) is 4.26. The van der Waals surface area contributed by atoms with Gasteiger partial charge in [-0.25, -0.2) is 0 Å². The van der Waals surface area contributed by atoms with Crippen LogP contribution in [0.2, 0.25) is 0 Å². The van der Waals surface area contributed by atoms with Gasteiger partial charge in [-0.2, -0.15) is 0 Å². The van der Waals surface area contributed by atoms with E-state index in [0.717, 1.165) is 35.9 Å². The molecular formula is C17H23N3O. The fourth-order valence-electron chi connectivity index (χ4n) is 2.54. The molecule has 3 N–H and O–H groups in total. The summed E-state index contributed by atoms with van der Waals surface area (Å²) in [4.78, 5) is 16.5. The van der Waals surface area contributed by atoms with E-state index in [9.17, 15) is 4.79 Å². The van der Waals surface area contributed by atoms with Crippen LogP contribution in [0.1, 0.15) is 32.6 Å². The molecular weight excluding hydrogens is 262 g/mol. The number of nitrogens with zero attached hydrogens (tertiary/aromatic N) is 1. The average molecular weight is 285 g/mol. The van der Waals surface area contributed by atoms with Gasteiger partial charge >= 0.3 is 0 Å². The van der Waals surface area contributed by atoms with Gasteiger partial charge in [0.05, 0.1) is 11.2 Å². The lowest BCUT2D eigenvalue weighted by molar-refractivity contribution is -0.116. The van der Waals surface area contributed by atoms with Crippen molar-refractivity contribution in [2.45, 2.75) is 32.6 Å². The van der Waals surface area contributed by atoms with E-state index >= 15 is 0 Å². The number of hydrogen-bond acceptors (Lipinski definition) is 3. The van der Waals surface area contributed by atoms with Crippen LogP contribution in [0.4, 0.5) is 5.69 Å². The second-order valence-corrected chi connectivity index (χ2v) is 5.32. The summed E-state index contributed by atoms with van der Waals surface area (Å²) in [5.74, 6) is 0.579. The number of carbonyl (C=O) groups excluding carboxylic acids is 1. The van der Waals surface area contributed by atoms with Gasteiger partial charge in [0.25, 0.3) is 0 Å². The van der Waals surface area contributed by atoms with Crippen molar-refractivity contribution in [3.05, 3.63) is 36.5 Å². The van der Waals surface area contributed by atoms with Crippen molar-refractivity contribution in [2.75, 3.05) is 11.9 Å². The molecule has 0 saturated heterocycles. The van der Waals surface area contributed by atoms with E-state index in [0.29, 0.717) is 18.9 Å². The zero-order valence-electron chi connectivity index (χ0n) is 12.5. The van der Waals surface area contributed by atoms with E-state index in [-0.39, 0.29) is 5.91 Å². The summed E-state index contributed by atoms with van der Waals surface area (Å²) in [6.45, 7) is 2.83. The molecule has 1 unspecified atom stereocenters. The van der Waals surface area contributed by atoms with Crippen LogP contribution in [0.15, 0.2) is 36.5 Å². The molecule has 0 aliphatic carbocycles. The van der Waals surface area contributed by atoms with Crippen LogP contribution in [0, 0.1) is 5.92 Å². The zero-order valence-corrected chi connectivity index (χ0v) is 12.5. The Kier molecular flexibility index (Phi) is 5.69. The summed E-state index contributed by atoms with van der Waals surface area (Å²) < 4.78 is 0. The van der Waals surface area contributed by atoms with E-state index in [2.05, 4.69) is 17.2 Å². The number of carbonyl (C=O) groups is 1. The van der Waals surface area contributed by atoms with Crippen molar-refractivity contribution in [2.24, 2.45) is 11.7 Å². The van der Waals surface area contributed by atoms with Crippen LogP contribution in [0.25, 0.3) is 10.9 Å². The molecule has 2 aromatic rings. The third-order valence-corrected chi connectivity index (χ3v) is 3.84. The Morgan fingerprint density at radius 2 is 2.10 bits per heavy atom. The van der Waals surface area contributed by atoms with Gasteiger partial charge in [0.1, 0.15) is 0 Å². The van der Waals surface area contributed by atoms with Crippen molar-refractivity contribution in [1.82, 2.24) is 4.98 Å². The number of fused-ring (bicyclic) bond motifs is 1. The Balaban J connectivity index is 1.98. The molecule has 1 heterocycles. The fraction of sp³-hybridized carbons (Fsp3) is 0.412. The van der Waals surface area contributed by atoms with Crippen LogP contribution >= 0.6 is 0 Å². The predicted molar refractivity (Wildman–Crippen MR) is 87.1 cm³/mol. The number of nitrogens with two attached hydrogens (primary N) is 1. The molecule has 1 aromatic heterocycles.